The fraction of sp³-hybridized carbons (Fsp3) is 0.433. The molecule has 7 heteroatoms. The molecule has 0 N–H and O–H groups in total. The fourth-order valence-electron chi connectivity index (χ4n) is 6.01. The van der Waals surface area contributed by atoms with Crippen molar-refractivity contribution in [3.05, 3.63) is 66.1 Å². The van der Waals surface area contributed by atoms with Crippen LogP contribution in [0.15, 0.2) is 54.7 Å². The van der Waals surface area contributed by atoms with E-state index in [1.165, 1.54) is 6.07 Å². The van der Waals surface area contributed by atoms with E-state index in [4.69, 9.17) is 4.74 Å². The smallest absolute Gasteiger partial charge is 0.248 e. The molecule has 0 radical (unpaired) electrons. The summed E-state index contributed by atoms with van der Waals surface area (Å²) in [6.07, 6.45) is 5.94. The van der Waals surface area contributed by atoms with Crippen molar-refractivity contribution in [3.63, 3.8) is 0 Å². The van der Waals surface area contributed by atoms with Crippen molar-refractivity contribution in [1.82, 2.24) is 14.8 Å². The van der Waals surface area contributed by atoms with Crippen LogP contribution in [0.2, 0.25) is 0 Å². The predicted molar refractivity (Wildman–Crippen MR) is 139 cm³/mol. The van der Waals surface area contributed by atoms with Gasteiger partial charge in [-0.25, -0.2) is 4.39 Å². The molecule has 1 aromatic heterocycles. The van der Waals surface area contributed by atoms with Gasteiger partial charge in [0.25, 0.3) is 0 Å². The van der Waals surface area contributed by atoms with E-state index in [2.05, 4.69) is 11.9 Å². The van der Waals surface area contributed by atoms with Crippen LogP contribution in [0.1, 0.15) is 44.6 Å². The number of likely N-dealkylation sites (tertiary alicyclic amines) is 1. The van der Waals surface area contributed by atoms with E-state index < -0.39 is 5.60 Å². The Bertz CT molecular complexity index is 1360. The molecule has 3 atom stereocenters. The molecule has 2 aliphatic heterocycles. The van der Waals surface area contributed by atoms with E-state index >= 15 is 4.39 Å². The quantitative estimate of drug-likeness (QED) is 0.480. The number of hydrogen-bond donors (Lipinski definition) is 0. The van der Waals surface area contributed by atoms with Gasteiger partial charge in [-0.3, -0.25) is 14.6 Å². The Morgan fingerprint density at radius 2 is 1.95 bits per heavy atom. The van der Waals surface area contributed by atoms with E-state index in [0.29, 0.717) is 37.0 Å². The van der Waals surface area contributed by atoms with Crippen LogP contribution in [-0.2, 0) is 20.9 Å². The number of hydrogen-bond acceptors (Lipinski definition) is 4. The molecule has 1 saturated carbocycles. The molecular weight excluding hydrogens is 469 g/mol. The predicted octanol–water partition coefficient (Wildman–Crippen LogP) is 4.95. The second kappa shape index (κ2) is 9.53. The number of piperidine rings is 1. The minimum Gasteiger partial charge on any atom is -0.363 e. The highest BCUT2D eigenvalue weighted by molar-refractivity contribution is 5.84. The number of benzene rings is 2. The lowest BCUT2D eigenvalue weighted by molar-refractivity contribution is -0.179. The van der Waals surface area contributed by atoms with Crippen LogP contribution in [0.5, 0.6) is 0 Å². The summed E-state index contributed by atoms with van der Waals surface area (Å²) in [6.45, 7) is 3.41. The van der Waals surface area contributed by atoms with Crippen LogP contribution < -0.4 is 0 Å². The van der Waals surface area contributed by atoms with Crippen LogP contribution >= 0.6 is 0 Å². The maximum absolute atomic E-state index is 15.1. The van der Waals surface area contributed by atoms with Gasteiger partial charge in [0.2, 0.25) is 11.8 Å². The molecule has 6 rings (SSSR count). The number of halogens is 1. The largest absolute Gasteiger partial charge is 0.363 e. The van der Waals surface area contributed by atoms with Gasteiger partial charge < -0.3 is 14.5 Å². The van der Waals surface area contributed by atoms with Crippen LogP contribution in [0.4, 0.5) is 4.39 Å². The maximum Gasteiger partial charge on any atom is 0.248 e. The van der Waals surface area contributed by atoms with Gasteiger partial charge in [0.05, 0.1) is 24.1 Å². The van der Waals surface area contributed by atoms with Crippen molar-refractivity contribution in [3.8, 4) is 11.1 Å². The highest BCUT2D eigenvalue weighted by atomic mass is 19.1. The summed E-state index contributed by atoms with van der Waals surface area (Å²) in [5, 5.41) is 1.04. The van der Waals surface area contributed by atoms with Gasteiger partial charge in [-0.1, -0.05) is 43.7 Å². The lowest BCUT2D eigenvalue weighted by Crippen LogP contribution is -2.60. The molecule has 6 nitrogen and oxygen atoms in total. The Morgan fingerprint density at radius 1 is 1.11 bits per heavy atom. The van der Waals surface area contributed by atoms with Gasteiger partial charge in [-0.2, -0.15) is 0 Å². The first-order valence-electron chi connectivity index (χ1n) is 13.3. The van der Waals surface area contributed by atoms with Crippen LogP contribution in [0, 0.1) is 11.7 Å². The third-order valence-electron chi connectivity index (χ3n) is 8.24. The number of carbonyl (C=O) groups excluding carboxylic acids is 2. The first kappa shape index (κ1) is 24.0. The number of pyridine rings is 1. The number of carbonyl (C=O) groups is 2. The average Bonchev–Trinajstić information content (AvgIpc) is 3.67. The summed E-state index contributed by atoms with van der Waals surface area (Å²) in [6, 6.07) is 15.3. The van der Waals surface area contributed by atoms with Crippen molar-refractivity contribution in [2.75, 3.05) is 19.7 Å². The van der Waals surface area contributed by atoms with Crippen LogP contribution in [0.3, 0.4) is 0 Å². The van der Waals surface area contributed by atoms with Gasteiger partial charge in [0.1, 0.15) is 12.4 Å². The first-order valence-corrected chi connectivity index (χ1v) is 13.3. The Kier molecular flexibility index (Phi) is 6.19. The normalized spacial score (nSPS) is 25.8. The molecule has 2 amide bonds. The molecule has 0 bridgehead atoms. The standard InChI is InChI=1S/C30H32FN3O3/c1-2-4-23-15-27(23)34-19-30(37-18-29(34)36)10-12-33(28(35)16-30)17-24-9-8-21(13-25(24)31)22-7-6-20-5-3-11-32-26(20)14-22/h3,5-9,11,13-14,23,27H,2,4,10,12,15-19H2,1H3. The second-order valence-electron chi connectivity index (χ2n) is 10.8. The molecule has 3 aromatic rings. The summed E-state index contributed by atoms with van der Waals surface area (Å²) in [5.74, 6) is 0.240. The lowest BCUT2D eigenvalue weighted by Gasteiger charge is -2.46. The molecule has 1 aliphatic carbocycles. The summed E-state index contributed by atoms with van der Waals surface area (Å²) < 4.78 is 21.1. The lowest BCUT2D eigenvalue weighted by atomic mass is 9.88. The molecule has 37 heavy (non-hydrogen) atoms. The molecular formula is C30H32FN3O3. The van der Waals surface area contributed by atoms with Crippen LogP contribution in [-0.4, -0.2) is 57.9 Å². The zero-order valence-electron chi connectivity index (χ0n) is 21.2. The number of amides is 2. The molecule has 192 valence electrons. The molecule has 3 fully saturated rings. The van der Waals surface area contributed by atoms with E-state index in [1.54, 1.807) is 17.2 Å². The maximum atomic E-state index is 15.1. The number of fused-ring (bicyclic) bond motifs is 1. The summed E-state index contributed by atoms with van der Waals surface area (Å²) in [7, 11) is 0. The molecule has 3 unspecified atom stereocenters. The number of morpholine rings is 1. The number of nitrogens with zero attached hydrogens (tertiary/aromatic N) is 3. The number of rotatable bonds is 6. The third kappa shape index (κ3) is 4.73. The summed E-state index contributed by atoms with van der Waals surface area (Å²) in [4.78, 5) is 33.8. The van der Waals surface area contributed by atoms with E-state index in [1.807, 2.05) is 41.3 Å². The Morgan fingerprint density at radius 3 is 2.76 bits per heavy atom. The molecule has 3 heterocycles. The zero-order valence-corrected chi connectivity index (χ0v) is 21.2. The van der Waals surface area contributed by atoms with Gasteiger partial charge >= 0.3 is 0 Å². The Labute approximate surface area is 216 Å². The highest BCUT2D eigenvalue weighted by Crippen LogP contribution is 2.43. The van der Waals surface area contributed by atoms with Gasteiger partial charge in [0.15, 0.2) is 0 Å². The average molecular weight is 502 g/mol. The van der Waals surface area contributed by atoms with Crippen molar-refractivity contribution in [1.29, 1.82) is 0 Å². The van der Waals surface area contributed by atoms with Gasteiger partial charge in [-0.05, 0) is 54.5 Å². The van der Waals surface area contributed by atoms with Gasteiger partial charge in [0, 0.05) is 36.3 Å². The van der Waals surface area contributed by atoms with Crippen LogP contribution in [0.25, 0.3) is 22.0 Å². The monoisotopic (exact) mass is 501 g/mol. The summed E-state index contributed by atoms with van der Waals surface area (Å²) in [5.41, 5.74) is 2.42. The minimum atomic E-state index is -0.618. The highest BCUT2D eigenvalue weighted by Gasteiger charge is 2.51. The Hall–Kier alpha value is -3.32. The van der Waals surface area contributed by atoms with Crippen molar-refractivity contribution >= 4 is 22.7 Å². The van der Waals surface area contributed by atoms with Crippen molar-refractivity contribution in [2.24, 2.45) is 5.92 Å². The SMILES string of the molecule is CCCC1CC1N1CC2(CCN(Cc3ccc(-c4ccc5cccnc5c4)cc3F)C(=O)C2)OCC1=O. The van der Waals surface area contributed by atoms with Crippen molar-refractivity contribution in [2.45, 2.75) is 57.2 Å². The molecule has 2 aromatic carbocycles. The fourth-order valence-corrected chi connectivity index (χ4v) is 6.01. The van der Waals surface area contributed by atoms with E-state index in [9.17, 15) is 9.59 Å². The van der Waals surface area contributed by atoms with Crippen molar-refractivity contribution < 1.29 is 18.7 Å². The minimum absolute atomic E-state index is 0.0356. The van der Waals surface area contributed by atoms with E-state index in [-0.39, 0.29) is 37.2 Å². The molecule has 3 aliphatic rings. The summed E-state index contributed by atoms with van der Waals surface area (Å²) >= 11 is 0. The number of ether oxygens (including phenoxy) is 1. The number of aromatic nitrogens is 1. The van der Waals surface area contributed by atoms with Gasteiger partial charge in [-0.15, -0.1) is 0 Å². The zero-order chi connectivity index (χ0) is 25.6. The Balaban J connectivity index is 1.12. The molecule has 2 saturated heterocycles. The topological polar surface area (TPSA) is 62.7 Å². The molecule has 1 spiro atoms. The second-order valence-corrected chi connectivity index (χ2v) is 10.8. The van der Waals surface area contributed by atoms with E-state index in [0.717, 1.165) is 41.3 Å². The first-order chi connectivity index (χ1) is 17.9. The third-order valence-corrected chi connectivity index (χ3v) is 8.24.